The molecule has 0 heterocycles. The van der Waals surface area contributed by atoms with Crippen LogP contribution in [0, 0.1) is 35.0 Å². The van der Waals surface area contributed by atoms with Gasteiger partial charge in [0.05, 0.1) is 18.8 Å². The molecule has 0 aliphatic heterocycles. The zero-order chi connectivity index (χ0) is 26.8. The number of ether oxygens (including phenoxy) is 1. The van der Waals surface area contributed by atoms with Gasteiger partial charge in [-0.3, -0.25) is 0 Å². The molecule has 2 bridgehead atoms. The summed E-state index contributed by atoms with van der Waals surface area (Å²) in [5.74, 6) is 2.25. The zero-order valence-electron chi connectivity index (χ0n) is 24.4. The third-order valence-corrected chi connectivity index (χ3v) is 14.0. The lowest BCUT2D eigenvalue weighted by Gasteiger charge is -2.57. The van der Waals surface area contributed by atoms with Gasteiger partial charge in [-0.1, -0.05) is 103 Å². The molecule has 1 N–H and O–H groups in total. The van der Waals surface area contributed by atoms with Crippen molar-refractivity contribution in [1.29, 1.82) is 0 Å². The fourth-order valence-corrected chi connectivity index (χ4v) is 6.74. The highest BCUT2D eigenvalue weighted by molar-refractivity contribution is 6.74. The molecular weight excluding hydrogens is 460 g/mol. The van der Waals surface area contributed by atoms with E-state index in [2.05, 4.69) is 98.0 Å². The lowest BCUT2D eigenvalue weighted by atomic mass is 9.51. The Labute approximate surface area is 222 Å². The van der Waals surface area contributed by atoms with Gasteiger partial charge in [-0.2, -0.15) is 0 Å². The van der Waals surface area contributed by atoms with Gasteiger partial charge in [0.15, 0.2) is 8.32 Å². The third-order valence-electron chi connectivity index (χ3n) is 9.50. The van der Waals surface area contributed by atoms with Gasteiger partial charge in [-0.25, -0.2) is 0 Å². The van der Waals surface area contributed by atoms with Crippen LogP contribution in [0.15, 0.2) is 54.6 Å². The molecule has 6 atom stereocenters. The van der Waals surface area contributed by atoms with Crippen molar-refractivity contribution in [2.45, 2.75) is 91.6 Å². The summed E-state index contributed by atoms with van der Waals surface area (Å²) in [6.45, 7) is 22.9. The summed E-state index contributed by atoms with van der Waals surface area (Å²) >= 11 is 0. The summed E-state index contributed by atoms with van der Waals surface area (Å²) in [7, 11) is -1.79. The zero-order valence-corrected chi connectivity index (χ0v) is 25.4. The van der Waals surface area contributed by atoms with Crippen LogP contribution >= 0.6 is 0 Å². The van der Waals surface area contributed by atoms with Crippen LogP contribution in [0.5, 0.6) is 0 Å². The first-order valence-electron chi connectivity index (χ1n) is 14.0. The molecule has 3 nitrogen and oxygen atoms in total. The Balaban J connectivity index is 1.63. The largest absolute Gasteiger partial charge is 0.417 e. The molecule has 1 aromatic rings. The lowest BCUT2D eigenvalue weighted by Crippen LogP contribution is -2.56. The van der Waals surface area contributed by atoms with Crippen molar-refractivity contribution in [2.24, 2.45) is 35.0 Å². The van der Waals surface area contributed by atoms with Crippen molar-refractivity contribution >= 4 is 8.32 Å². The fourth-order valence-electron chi connectivity index (χ4n) is 5.70. The molecule has 202 valence electrons. The Bertz CT molecular complexity index is 900. The van der Waals surface area contributed by atoms with E-state index >= 15 is 0 Å². The standard InChI is InChI=1S/C32H52O3Si/c1-24(2)29(23-35-36(8,9)30(4,5)6)28-20-31(7)17-16-27(28)19-32(31,33)18-15-25(3)21-34-22-26-13-11-10-12-14-26/h10-18,24-25,27-29,33H,19-23H2,1-9H3/b18-15+/t25-,27-,28-,29+,31+,32-/m0/s1. The molecule has 0 radical (unpaired) electrons. The maximum absolute atomic E-state index is 11.9. The Kier molecular flexibility index (Phi) is 9.19. The number of fused-ring (bicyclic) bond motifs is 2. The van der Waals surface area contributed by atoms with Crippen molar-refractivity contribution in [3.8, 4) is 0 Å². The molecule has 1 aromatic carbocycles. The highest BCUT2D eigenvalue weighted by Crippen LogP contribution is 2.57. The number of benzene rings is 1. The van der Waals surface area contributed by atoms with Crippen LogP contribution in [0.2, 0.25) is 18.1 Å². The SMILES string of the molecule is CC(C)[C@@H](CO[Si](C)(C)C(C)(C)C)[C@H]1C[C@@]2(C)C=C[C@H]1C[C@@]2(O)/C=C/[C@H](C)COCc1ccccc1. The number of hydrogen-bond donors (Lipinski definition) is 1. The Morgan fingerprint density at radius 1 is 1.08 bits per heavy atom. The quantitative estimate of drug-likeness (QED) is 0.241. The fraction of sp³-hybridized carbons (Fsp3) is 0.688. The lowest BCUT2D eigenvalue weighted by molar-refractivity contribution is -0.0996. The van der Waals surface area contributed by atoms with Crippen molar-refractivity contribution < 1.29 is 14.3 Å². The van der Waals surface area contributed by atoms with Gasteiger partial charge in [-0.15, -0.1) is 0 Å². The van der Waals surface area contributed by atoms with E-state index in [0.717, 1.165) is 19.4 Å². The third kappa shape index (κ3) is 6.62. The second-order valence-electron chi connectivity index (χ2n) is 13.8. The number of allylic oxidation sites excluding steroid dienone is 1. The van der Waals surface area contributed by atoms with E-state index in [1.165, 1.54) is 5.56 Å². The van der Waals surface area contributed by atoms with E-state index < -0.39 is 13.9 Å². The molecule has 3 aliphatic rings. The van der Waals surface area contributed by atoms with Crippen LogP contribution in [0.4, 0.5) is 0 Å². The molecule has 4 rings (SSSR count). The topological polar surface area (TPSA) is 38.7 Å². The maximum Gasteiger partial charge on any atom is 0.191 e. The summed E-state index contributed by atoms with van der Waals surface area (Å²) in [5.41, 5.74) is 0.133. The first-order valence-corrected chi connectivity index (χ1v) is 16.9. The molecule has 3 aliphatic carbocycles. The molecule has 0 amide bonds. The summed E-state index contributed by atoms with van der Waals surface area (Å²) in [4.78, 5) is 0. The Morgan fingerprint density at radius 2 is 1.75 bits per heavy atom. The molecule has 0 aromatic heterocycles. The predicted octanol–water partition coefficient (Wildman–Crippen LogP) is 8.02. The molecule has 1 fully saturated rings. The number of rotatable bonds is 11. The molecule has 0 unspecified atom stereocenters. The Morgan fingerprint density at radius 3 is 2.33 bits per heavy atom. The summed E-state index contributed by atoms with van der Waals surface area (Å²) in [5, 5.41) is 12.1. The van der Waals surface area contributed by atoms with E-state index in [0.29, 0.717) is 36.9 Å². The van der Waals surface area contributed by atoms with Gasteiger partial charge in [0, 0.05) is 12.0 Å². The highest BCUT2D eigenvalue weighted by Gasteiger charge is 2.55. The normalized spacial score (nSPS) is 30.3. The average Bonchev–Trinajstić information content (AvgIpc) is 2.79. The van der Waals surface area contributed by atoms with Crippen molar-refractivity contribution in [2.75, 3.05) is 13.2 Å². The molecule has 36 heavy (non-hydrogen) atoms. The van der Waals surface area contributed by atoms with Gasteiger partial charge < -0.3 is 14.3 Å². The minimum absolute atomic E-state index is 0.221. The molecule has 0 spiro atoms. The number of hydrogen-bond acceptors (Lipinski definition) is 3. The first kappa shape index (κ1) is 29.4. The molecular formula is C32H52O3Si. The second-order valence-corrected chi connectivity index (χ2v) is 18.6. The molecule has 4 heteroatoms. The first-order chi connectivity index (χ1) is 16.7. The second kappa shape index (κ2) is 11.3. The smallest absolute Gasteiger partial charge is 0.191 e. The highest BCUT2D eigenvalue weighted by atomic mass is 28.4. The number of aliphatic hydroxyl groups is 1. The summed E-state index contributed by atoms with van der Waals surface area (Å²) < 4.78 is 12.7. The minimum Gasteiger partial charge on any atom is -0.417 e. The van der Waals surface area contributed by atoms with Gasteiger partial charge in [0.2, 0.25) is 0 Å². The Hall–Kier alpha value is -1.20. The van der Waals surface area contributed by atoms with E-state index in [9.17, 15) is 5.11 Å². The van der Waals surface area contributed by atoms with E-state index in [1.54, 1.807) is 0 Å². The van der Waals surface area contributed by atoms with Crippen LogP contribution in [0.3, 0.4) is 0 Å². The van der Waals surface area contributed by atoms with Gasteiger partial charge in [0.25, 0.3) is 0 Å². The van der Waals surface area contributed by atoms with Crippen LogP contribution in [-0.4, -0.2) is 32.2 Å². The minimum atomic E-state index is -1.79. The monoisotopic (exact) mass is 512 g/mol. The van der Waals surface area contributed by atoms with Crippen molar-refractivity contribution in [1.82, 2.24) is 0 Å². The van der Waals surface area contributed by atoms with E-state index in [4.69, 9.17) is 9.16 Å². The van der Waals surface area contributed by atoms with E-state index in [-0.39, 0.29) is 16.4 Å². The van der Waals surface area contributed by atoms with Crippen LogP contribution in [0.25, 0.3) is 0 Å². The van der Waals surface area contributed by atoms with E-state index in [1.807, 2.05) is 18.2 Å². The van der Waals surface area contributed by atoms with Gasteiger partial charge in [0.1, 0.15) is 0 Å². The maximum atomic E-state index is 11.9. The summed E-state index contributed by atoms with van der Waals surface area (Å²) in [6, 6.07) is 10.3. The predicted molar refractivity (Wildman–Crippen MR) is 154 cm³/mol. The van der Waals surface area contributed by atoms with Crippen LogP contribution < -0.4 is 0 Å². The van der Waals surface area contributed by atoms with Gasteiger partial charge in [-0.05, 0) is 66.1 Å². The van der Waals surface area contributed by atoms with Crippen molar-refractivity contribution in [3.63, 3.8) is 0 Å². The van der Waals surface area contributed by atoms with Crippen LogP contribution in [-0.2, 0) is 15.8 Å². The van der Waals surface area contributed by atoms with Gasteiger partial charge >= 0.3 is 0 Å². The van der Waals surface area contributed by atoms with Crippen LogP contribution in [0.1, 0.15) is 66.9 Å². The molecule has 1 saturated carbocycles. The molecule has 0 saturated heterocycles. The average molecular weight is 513 g/mol. The summed E-state index contributed by atoms with van der Waals surface area (Å²) in [6.07, 6.45) is 10.8. The van der Waals surface area contributed by atoms with Crippen molar-refractivity contribution in [3.05, 3.63) is 60.2 Å².